The zero-order valence-corrected chi connectivity index (χ0v) is 15.0. The summed E-state index contributed by atoms with van der Waals surface area (Å²) in [4.78, 5) is 35.6. The molecule has 0 heterocycles. The Balaban J connectivity index is 1.92. The number of rotatable bonds is 5. The van der Waals surface area contributed by atoms with E-state index in [1.54, 1.807) is 25.1 Å². The van der Waals surface area contributed by atoms with Crippen LogP contribution in [0.3, 0.4) is 0 Å². The summed E-state index contributed by atoms with van der Waals surface area (Å²) in [5, 5.41) is 5.60. The molecule has 2 N–H and O–H groups in total. The van der Waals surface area contributed by atoms with Crippen molar-refractivity contribution in [2.45, 2.75) is 58.6 Å². The van der Waals surface area contributed by atoms with Crippen LogP contribution in [-0.4, -0.2) is 29.9 Å². The Kier molecular flexibility index (Phi) is 6.56. The first-order valence-corrected chi connectivity index (χ1v) is 8.76. The molecule has 0 radical (unpaired) electrons. The number of esters is 1. The third kappa shape index (κ3) is 5.59. The van der Waals surface area contributed by atoms with Gasteiger partial charge in [0.05, 0.1) is 5.56 Å². The summed E-state index contributed by atoms with van der Waals surface area (Å²) in [5.41, 5.74) is 0.798. The van der Waals surface area contributed by atoms with Crippen molar-refractivity contribution in [3.05, 3.63) is 29.8 Å². The molecule has 1 aromatic rings. The average Bonchev–Trinajstić information content (AvgIpc) is 2.56. The maximum Gasteiger partial charge on any atom is 0.338 e. The largest absolute Gasteiger partial charge is 0.449 e. The van der Waals surface area contributed by atoms with Crippen molar-refractivity contribution in [1.82, 2.24) is 5.32 Å². The molecule has 6 nitrogen and oxygen atoms in total. The summed E-state index contributed by atoms with van der Waals surface area (Å²) in [6.07, 6.45) is 3.51. The van der Waals surface area contributed by atoms with Gasteiger partial charge in [0.1, 0.15) is 0 Å². The Morgan fingerprint density at radius 2 is 1.92 bits per heavy atom. The minimum atomic E-state index is -0.869. The van der Waals surface area contributed by atoms with E-state index in [0.717, 1.165) is 19.3 Å². The number of hydrogen-bond acceptors (Lipinski definition) is 4. The van der Waals surface area contributed by atoms with Gasteiger partial charge in [0.15, 0.2) is 6.10 Å². The number of carbonyl (C=O) groups is 3. The minimum Gasteiger partial charge on any atom is -0.449 e. The number of anilines is 1. The van der Waals surface area contributed by atoms with E-state index in [2.05, 4.69) is 17.6 Å². The number of hydrogen-bond donors (Lipinski definition) is 2. The molecule has 0 unspecified atom stereocenters. The fourth-order valence-corrected chi connectivity index (χ4v) is 3.04. The van der Waals surface area contributed by atoms with Gasteiger partial charge >= 0.3 is 5.97 Å². The summed E-state index contributed by atoms with van der Waals surface area (Å²) < 4.78 is 5.27. The lowest BCUT2D eigenvalue weighted by molar-refractivity contribution is -0.130. The van der Waals surface area contributed by atoms with Crippen LogP contribution >= 0.6 is 0 Å². The van der Waals surface area contributed by atoms with Crippen LogP contribution in [0.25, 0.3) is 0 Å². The highest BCUT2D eigenvalue weighted by molar-refractivity contribution is 5.95. The first-order valence-electron chi connectivity index (χ1n) is 8.76. The maximum absolute atomic E-state index is 12.3. The molecule has 0 aromatic heterocycles. The molecule has 25 heavy (non-hydrogen) atoms. The average molecular weight is 346 g/mol. The molecule has 1 aliphatic carbocycles. The standard InChI is InChI=1S/C19H26N2O4/c1-12-7-4-5-10-17(12)21-18(23)13(2)25-19(24)15-8-6-9-16(11-15)20-14(3)22/h6,8-9,11-13,17H,4-5,7,10H2,1-3H3,(H,20,22)(H,21,23)/t12-,13+,17+/m0/s1. The topological polar surface area (TPSA) is 84.5 Å². The lowest BCUT2D eigenvalue weighted by Gasteiger charge is -2.30. The second-order valence-corrected chi connectivity index (χ2v) is 6.69. The second-order valence-electron chi connectivity index (χ2n) is 6.69. The molecule has 1 fully saturated rings. The third-order valence-corrected chi connectivity index (χ3v) is 4.51. The summed E-state index contributed by atoms with van der Waals surface area (Å²) in [5.74, 6) is -0.647. The molecule has 136 valence electrons. The van der Waals surface area contributed by atoms with Crippen molar-refractivity contribution >= 4 is 23.5 Å². The van der Waals surface area contributed by atoms with Gasteiger partial charge < -0.3 is 15.4 Å². The van der Waals surface area contributed by atoms with E-state index in [0.29, 0.717) is 11.6 Å². The van der Waals surface area contributed by atoms with Crippen LogP contribution in [-0.2, 0) is 14.3 Å². The van der Waals surface area contributed by atoms with E-state index in [4.69, 9.17) is 4.74 Å². The lowest BCUT2D eigenvalue weighted by Crippen LogP contribution is -2.45. The van der Waals surface area contributed by atoms with Crippen molar-refractivity contribution in [3.8, 4) is 0 Å². The monoisotopic (exact) mass is 346 g/mol. The van der Waals surface area contributed by atoms with Gasteiger partial charge in [-0.05, 0) is 43.9 Å². The Morgan fingerprint density at radius 3 is 2.60 bits per heavy atom. The van der Waals surface area contributed by atoms with Crippen LogP contribution in [0.5, 0.6) is 0 Å². The molecule has 1 aliphatic rings. The molecule has 0 saturated heterocycles. The fourth-order valence-electron chi connectivity index (χ4n) is 3.04. The van der Waals surface area contributed by atoms with Gasteiger partial charge in [0.2, 0.25) is 5.91 Å². The maximum atomic E-state index is 12.3. The van der Waals surface area contributed by atoms with Gasteiger partial charge in [-0.3, -0.25) is 9.59 Å². The SMILES string of the molecule is CC(=O)Nc1cccc(C(=O)O[C@H](C)C(=O)N[C@@H]2CCCC[C@@H]2C)c1. The fraction of sp³-hybridized carbons (Fsp3) is 0.526. The predicted molar refractivity (Wildman–Crippen MR) is 95.2 cm³/mol. The van der Waals surface area contributed by atoms with E-state index in [-0.39, 0.29) is 23.4 Å². The third-order valence-electron chi connectivity index (χ3n) is 4.51. The quantitative estimate of drug-likeness (QED) is 0.803. The van der Waals surface area contributed by atoms with E-state index >= 15 is 0 Å². The van der Waals surface area contributed by atoms with E-state index in [9.17, 15) is 14.4 Å². The zero-order chi connectivity index (χ0) is 18.4. The number of benzene rings is 1. The highest BCUT2D eigenvalue weighted by Gasteiger charge is 2.26. The highest BCUT2D eigenvalue weighted by atomic mass is 16.5. The van der Waals surface area contributed by atoms with Gasteiger partial charge in [-0.25, -0.2) is 4.79 Å². The van der Waals surface area contributed by atoms with E-state index in [1.165, 1.54) is 19.4 Å². The summed E-state index contributed by atoms with van der Waals surface area (Å²) in [6, 6.07) is 6.58. The van der Waals surface area contributed by atoms with Gasteiger partial charge in [0.25, 0.3) is 5.91 Å². The van der Waals surface area contributed by atoms with Gasteiger partial charge in [-0.15, -0.1) is 0 Å². The van der Waals surface area contributed by atoms with Crippen LogP contribution in [0.4, 0.5) is 5.69 Å². The second kappa shape index (κ2) is 8.65. The van der Waals surface area contributed by atoms with Gasteiger partial charge in [0, 0.05) is 18.7 Å². The first kappa shape index (κ1) is 19.0. The van der Waals surface area contributed by atoms with E-state index < -0.39 is 12.1 Å². The first-order chi connectivity index (χ1) is 11.9. The van der Waals surface area contributed by atoms with Crippen LogP contribution in [0.2, 0.25) is 0 Å². The van der Waals surface area contributed by atoms with Crippen molar-refractivity contribution in [1.29, 1.82) is 0 Å². The smallest absolute Gasteiger partial charge is 0.338 e. The molecule has 0 spiro atoms. The summed E-state index contributed by atoms with van der Waals surface area (Å²) in [6.45, 7) is 5.09. The Labute approximate surface area is 148 Å². The van der Waals surface area contributed by atoms with E-state index in [1.807, 2.05) is 0 Å². The Bertz CT molecular complexity index is 644. The molecule has 2 amide bonds. The summed E-state index contributed by atoms with van der Waals surface area (Å²) in [7, 11) is 0. The van der Waals surface area contributed by atoms with Crippen molar-refractivity contribution < 1.29 is 19.1 Å². The molecule has 0 aliphatic heterocycles. The number of nitrogens with one attached hydrogen (secondary N) is 2. The van der Waals surface area contributed by atoms with Crippen LogP contribution in [0.1, 0.15) is 56.8 Å². The number of amides is 2. The van der Waals surface area contributed by atoms with Crippen molar-refractivity contribution in [3.63, 3.8) is 0 Å². The Morgan fingerprint density at radius 1 is 1.20 bits per heavy atom. The molecule has 1 aromatic carbocycles. The van der Waals surface area contributed by atoms with Crippen molar-refractivity contribution in [2.75, 3.05) is 5.32 Å². The Hall–Kier alpha value is -2.37. The highest BCUT2D eigenvalue weighted by Crippen LogP contribution is 2.23. The van der Waals surface area contributed by atoms with Crippen LogP contribution in [0, 0.1) is 5.92 Å². The van der Waals surface area contributed by atoms with Crippen LogP contribution in [0.15, 0.2) is 24.3 Å². The molecule has 1 saturated carbocycles. The molecule has 3 atom stereocenters. The minimum absolute atomic E-state index is 0.144. The normalized spacial score (nSPS) is 21.1. The zero-order valence-electron chi connectivity index (χ0n) is 15.0. The van der Waals surface area contributed by atoms with Crippen molar-refractivity contribution in [2.24, 2.45) is 5.92 Å². The number of carbonyl (C=O) groups excluding carboxylic acids is 3. The molecule has 0 bridgehead atoms. The molecule has 6 heteroatoms. The summed E-state index contributed by atoms with van der Waals surface area (Å²) >= 11 is 0. The van der Waals surface area contributed by atoms with Gasteiger partial charge in [-0.1, -0.05) is 25.8 Å². The molecule has 2 rings (SSSR count). The number of ether oxygens (including phenoxy) is 1. The molecular weight excluding hydrogens is 320 g/mol. The van der Waals surface area contributed by atoms with Crippen LogP contribution < -0.4 is 10.6 Å². The molecular formula is C19H26N2O4. The lowest BCUT2D eigenvalue weighted by atomic mass is 9.86. The predicted octanol–water partition coefficient (Wildman–Crippen LogP) is 2.89. The van der Waals surface area contributed by atoms with Gasteiger partial charge in [-0.2, -0.15) is 0 Å².